The van der Waals surface area contributed by atoms with E-state index in [9.17, 15) is 4.79 Å². The first kappa shape index (κ1) is 14.8. The maximum Gasteiger partial charge on any atom is 0.261 e. The van der Waals surface area contributed by atoms with Gasteiger partial charge in [0.1, 0.15) is 0 Å². The molecule has 0 aliphatic rings. The van der Waals surface area contributed by atoms with E-state index in [2.05, 4.69) is 10.5 Å². The molecular formula is C17H18N2O2. The van der Waals surface area contributed by atoms with Crippen LogP contribution >= 0.6 is 0 Å². The lowest BCUT2D eigenvalue weighted by Gasteiger charge is -2.04. The Balaban J connectivity index is 1.68. The van der Waals surface area contributed by atoms with Crippen molar-refractivity contribution in [2.75, 3.05) is 6.61 Å². The van der Waals surface area contributed by atoms with E-state index in [1.165, 1.54) is 5.56 Å². The molecule has 2 rings (SSSR count). The lowest BCUT2D eigenvalue weighted by molar-refractivity contribution is -0.125. The quantitative estimate of drug-likeness (QED) is 0.654. The highest BCUT2D eigenvalue weighted by Crippen LogP contribution is 2.00. The Morgan fingerprint density at radius 3 is 2.57 bits per heavy atom. The van der Waals surface area contributed by atoms with Crippen LogP contribution in [-0.2, 0) is 16.2 Å². The van der Waals surface area contributed by atoms with Gasteiger partial charge >= 0.3 is 0 Å². The molecule has 0 atom stereocenters. The molecule has 0 aromatic heterocycles. The zero-order valence-electron chi connectivity index (χ0n) is 12.0. The van der Waals surface area contributed by atoms with Crippen LogP contribution in [0.15, 0.2) is 59.8 Å². The summed E-state index contributed by atoms with van der Waals surface area (Å²) in [5.74, 6) is -0.195. The molecule has 0 aliphatic carbocycles. The highest BCUT2D eigenvalue weighted by Gasteiger charge is 2.00. The van der Waals surface area contributed by atoms with Gasteiger partial charge in [0.25, 0.3) is 5.91 Å². The first-order chi connectivity index (χ1) is 10.2. The summed E-state index contributed by atoms with van der Waals surface area (Å²) in [7, 11) is 0. The van der Waals surface area contributed by atoms with E-state index in [1.54, 1.807) is 6.21 Å². The van der Waals surface area contributed by atoms with Crippen LogP contribution in [-0.4, -0.2) is 18.7 Å². The average molecular weight is 282 g/mol. The smallest absolute Gasteiger partial charge is 0.261 e. The molecule has 0 unspecified atom stereocenters. The third kappa shape index (κ3) is 5.48. The third-order valence-electron chi connectivity index (χ3n) is 2.88. The van der Waals surface area contributed by atoms with Crippen molar-refractivity contribution >= 4 is 12.1 Å². The minimum Gasteiger partial charge on any atom is -0.386 e. The molecule has 108 valence electrons. The fraction of sp³-hybridized carbons (Fsp3) is 0.176. The second kappa shape index (κ2) is 7.85. The fourth-order valence-corrected chi connectivity index (χ4v) is 1.69. The number of oxime groups is 1. The van der Waals surface area contributed by atoms with Crippen molar-refractivity contribution in [2.45, 2.75) is 13.5 Å². The van der Waals surface area contributed by atoms with Crippen LogP contribution in [0.2, 0.25) is 0 Å². The predicted molar refractivity (Wildman–Crippen MR) is 83.0 cm³/mol. The second-order valence-corrected chi connectivity index (χ2v) is 4.68. The summed E-state index contributed by atoms with van der Waals surface area (Å²) in [6.45, 7) is 2.43. The first-order valence-electron chi connectivity index (χ1n) is 6.76. The molecule has 0 radical (unpaired) electrons. The van der Waals surface area contributed by atoms with Crippen LogP contribution in [0.3, 0.4) is 0 Å². The molecule has 21 heavy (non-hydrogen) atoms. The number of hydrogen-bond acceptors (Lipinski definition) is 3. The van der Waals surface area contributed by atoms with E-state index in [0.29, 0.717) is 6.54 Å². The molecule has 2 aromatic rings. The summed E-state index contributed by atoms with van der Waals surface area (Å²) in [6, 6.07) is 17.6. The van der Waals surface area contributed by atoms with Crippen molar-refractivity contribution in [1.29, 1.82) is 0 Å². The third-order valence-corrected chi connectivity index (χ3v) is 2.88. The maximum atomic E-state index is 11.6. The van der Waals surface area contributed by atoms with E-state index >= 15 is 0 Å². The Morgan fingerprint density at radius 1 is 1.14 bits per heavy atom. The number of benzene rings is 2. The summed E-state index contributed by atoms with van der Waals surface area (Å²) >= 11 is 0. The van der Waals surface area contributed by atoms with E-state index in [1.807, 2.05) is 61.5 Å². The Hall–Kier alpha value is -2.62. The molecule has 0 saturated carbocycles. The normalized spacial score (nSPS) is 10.5. The Labute approximate surface area is 124 Å². The standard InChI is InChI=1S/C17H18N2O2/c1-14-7-9-16(10-8-14)12-19-21-13-17(20)18-11-15-5-3-2-4-6-15/h2-10,12H,11,13H2,1H3,(H,18,20)/b19-12-. The van der Waals surface area contributed by atoms with Crippen LogP contribution in [0.5, 0.6) is 0 Å². The number of carbonyl (C=O) groups excluding carboxylic acids is 1. The predicted octanol–water partition coefficient (Wildman–Crippen LogP) is 2.66. The van der Waals surface area contributed by atoms with Gasteiger partial charge in [-0.05, 0) is 18.1 Å². The first-order valence-corrected chi connectivity index (χ1v) is 6.76. The van der Waals surface area contributed by atoms with Gasteiger partial charge in [0.15, 0.2) is 6.61 Å². The number of amides is 1. The lowest BCUT2D eigenvalue weighted by atomic mass is 10.2. The lowest BCUT2D eigenvalue weighted by Crippen LogP contribution is -2.26. The van der Waals surface area contributed by atoms with Gasteiger partial charge in [-0.2, -0.15) is 0 Å². The van der Waals surface area contributed by atoms with Gasteiger partial charge < -0.3 is 10.2 Å². The molecule has 0 fully saturated rings. The van der Waals surface area contributed by atoms with E-state index < -0.39 is 0 Å². The topological polar surface area (TPSA) is 50.7 Å². The van der Waals surface area contributed by atoms with Gasteiger partial charge in [-0.3, -0.25) is 4.79 Å². The number of carbonyl (C=O) groups is 1. The van der Waals surface area contributed by atoms with Gasteiger partial charge in [-0.15, -0.1) is 0 Å². The number of aryl methyl sites for hydroxylation is 1. The molecular weight excluding hydrogens is 264 g/mol. The highest BCUT2D eigenvalue weighted by molar-refractivity contribution is 5.79. The zero-order chi connectivity index (χ0) is 14.9. The van der Waals surface area contributed by atoms with E-state index in [4.69, 9.17) is 4.84 Å². The summed E-state index contributed by atoms with van der Waals surface area (Å²) in [5.41, 5.74) is 3.17. The number of hydrogen-bond donors (Lipinski definition) is 1. The van der Waals surface area contributed by atoms with Crippen molar-refractivity contribution in [3.05, 3.63) is 71.3 Å². The summed E-state index contributed by atoms with van der Waals surface area (Å²) < 4.78 is 0. The molecule has 0 heterocycles. The molecule has 1 amide bonds. The molecule has 1 N–H and O–H groups in total. The second-order valence-electron chi connectivity index (χ2n) is 4.68. The molecule has 0 spiro atoms. The number of nitrogens with one attached hydrogen (secondary N) is 1. The minimum absolute atomic E-state index is 0.0881. The minimum atomic E-state index is -0.195. The molecule has 2 aromatic carbocycles. The van der Waals surface area contributed by atoms with Crippen LogP contribution in [0, 0.1) is 6.92 Å². The molecule has 0 aliphatic heterocycles. The van der Waals surface area contributed by atoms with Gasteiger partial charge in [0.2, 0.25) is 0 Å². The van der Waals surface area contributed by atoms with E-state index in [-0.39, 0.29) is 12.5 Å². The van der Waals surface area contributed by atoms with E-state index in [0.717, 1.165) is 11.1 Å². The molecule has 0 saturated heterocycles. The van der Waals surface area contributed by atoms with Gasteiger partial charge in [-0.25, -0.2) is 0 Å². The maximum absolute atomic E-state index is 11.6. The highest BCUT2D eigenvalue weighted by atomic mass is 16.6. The summed E-state index contributed by atoms with van der Waals surface area (Å²) in [5, 5.41) is 6.55. The van der Waals surface area contributed by atoms with Gasteiger partial charge in [0, 0.05) is 6.54 Å². The van der Waals surface area contributed by atoms with Crippen molar-refractivity contribution in [3.63, 3.8) is 0 Å². The average Bonchev–Trinajstić information content (AvgIpc) is 2.52. The van der Waals surface area contributed by atoms with Gasteiger partial charge in [-0.1, -0.05) is 65.3 Å². The number of nitrogens with zero attached hydrogens (tertiary/aromatic N) is 1. The Bertz CT molecular complexity index is 592. The van der Waals surface area contributed by atoms with Crippen molar-refractivity contribution in [1.82, 2.24) is 5.32 Å². The summed E-state index contributed by atoms with van der Waals surface area (Å²) in [4.78, 5) is 16.5. The van der Waals surface area contributed by atoms with Crippen molar-refractivity contribution in [2.24, 2.45) is 5.16 Å². The fourth-order valence-electron chi connectivity index (χ4n) is 1.69. The Kier molecular flexibility index (Phi) is 5.52. The van der Waals surface area contributed by atoms with Crippen molar-refractivity contribution in [3.8, 4) is 0 Å². The number of rotatable bonds is 6. The SMILES string of the molecule is Cc1ccc(/C=N\OCC(=O)NCc2ccccc2)cc1. The van der Waals surface area contributed by atoms with Crippen LogP contribution in [0.25, 0.3) is 0 Å². The molecule has 0 bridgehead atoms. The zero-order valence-corrected chi connectivity index (χ0v) is 12.0. The molecule has 4 heteroatoms. The summed E-state index contributed by atoms with van der Waals surface area (Å²) in [6.07, 6.45) is 1.59. The molecule has 4 nitrogen and oxygen atoms in total. The van der Waals surface area contributed by atoms with Gasteiger partial charge in [0.05, 0.1) is 6.21 Å². The monoisotopic (exact) mass is 282 g/mol. The Morgan fingerprint density at radius 2 is 1.86 bits per heavy atom. The van der Waals surface area contributed by atoms with Crippen LogP contribution in [0.4, 0.5) is 0 Å². The van der Waals surface area contributed by atoms with Crippen molar-refractivity contribution < 1.29 is 9.63 Å². The van der Waals surface area contributed by atoms with Crippen LogP contribution < -0.4 is 5.32 Å². The largest absolute Gasteiger partial charge is 0.386 e. The van der Waals surface area contributed by atoms with Crippen LogP contribution in [0.1, 0.15) is 16.7 Å².